The molecule has 0 saturated heterocycles. The molecular weight excluding hydrogens is 1430 g/mol. The van der Waals surface area contributed by atoms with Crippen molar-refractivity contribution in [1.82, 2.24) is 0 Å². The van der Waals surface area contributed by atoms with Crippen LogP contribution < -0.4 is 30.6 Å². The first kappa shape index (κ1) is 79.7. The number of ether oxygens (including phenoxy) is 7. The Morgan fingerprint density at radius 3 is 0.453 bits per heavy atom. The number of hydrogen-bond donors (Lipinski definition) is 8. The van der Waals surface area contributed by atoms with Crippen LogP contribution in [0.25, 0.3) is 0 Å². The maximum Gasteiger partial charge on any atom is 0.0697 e. The fourth-order valence-electron chi connectivity index (χ4n) is 1.58. The van der Waals surface area contributed by atoms with E-state index < -0.39 is 0 Å². The maximum atomic E-state index is 9.60. The molecule has 0 heterocycles. The van der Waals surface area contributed by atoms with E-state index in [4.69, 9.17) is 40.9 Å². The van der Waals surface area contributed by atoms with Crippen molar-refractivity contribution in [1.29, 1.82) is 0 Å². The Labute approximate surface area is 377 Å². The molecule has 0 amide bonds. The van der Waals surface area contributed by atoms with Crippen LogP contribution in [-0.4, -0.2) is 299 Å². The summed E-state index contributed by atoms with van der Waals surface area (Å²) < 4.78 is 32.0. The summed E-state index contributed by atoms with van der Waals surface area (Å²) in [6.45, 7) is 2.30. The summed E-state index contributed by atoms with van der Waals surface area (Å²) in [7, 11) is 0. The Hall–Kier alpha value is 2.54. The molecule has 25 heteroatoms. The summed E-state index contributed by atoms with van der Waals surface area (Å²) in [5.41, 5.74) is 0. The first-order valence-corrected chi connectivity index (χ1v) is 25.3. The van der Waals surface area contributed by atoms with Crippen LogP contribution in [0.5, 0.6) is 0 Å². The van der Waals surface area contributed by atoms with Crippen LogP contribution in [0.15, 0.2) is 0 Å². The van der Waals surface area contributed by atoms with Crippen molar-refractivity contribution in [3.8, 4) is 0 Å². The van der Waals surface area contributed by atoms with E-state index in [2.05, 4.69) is 51.2 Å². The van der Waals surface area contributed by atoms with Gasteiger partial charge in [0.15, 0.2) is 0 Å². The molecule has 6 radical (unpaired) electrons. The van der Waals surface area contributed by atoms with Crippen LogP contribution in [0.2, 0.25) is 0 Å². The molecule has 53 heavy (non-hydrogen) atoms. The van der Waals surface area contributed by atoms with E-state index in [0.717, 1.165) is 0 Å². The topological polar surface area (TPSA) is 365 Å². The molecule has 0 atom stereocenters. The predicted molar refractivity (Wildman–Crippen MR) is 193 cm³/mol. The van der Waals surface area contributed by atoms with Crippen LogP contribution in [0.4, 0.5) is 0 Å². The van der Waals surface area contributed by atoms with Gasteiger partial charge in [0.2, 0.25) is 0 Å². The molecule has 0 rings (SSSR count). The number of aliphatic hydroxyl groups is 8. The smallest absolute Gasteiger partial charge is 0.0697 e. The second kappa shape index (κ2) is 111. The Morgan fingerprint density at radius 1 is 0.264 bits per heavy atom. The van der Waals surface area contributed by atoms with E-state index in [1.807, 2.05) is 0 Å². The number of hydrogen-bond acceptors (Lipinski definition) is 21. The molecule has 0 fully saturated rings. The van der Waals surface area contributed by atoms with Crippen LogP contribution in [0.1, 0.15) is 0 Å². The Morgan fingerprint density at radius 2 is 0.358 bits per heavy atom. The van der Waals surface area contributed by atoms with Gasteiger partial charge in [-0.3, -0.25) is 0 Å². The largest absolute Gasteiger partial charge is 0.853 e. The fraction of sp³-hybridized carbons (Fsp3) is 1.00. The fourth-order valence-corrected chi connectivity index (χ4v) is 1.58. The molecule has 0 bridgehead atoms. The summed E-state index contributed by atoms with van der Waals surface area (Å²) >= 11 is 3.68. The molecule has 0 aromatic heterocycles. The standard InChI is InChI=1S/2C4H10O3.4C4H9O3.C4H8O3.3Bi.HI/c7*5-1-3-7-4-2-6;;;;/h2*5-6H,1-4H2;4*5H,1-4H2;1-4H2;;;;1H/q;;4*-1;-2;+1;2*+3;/p-1. The molecule has 0 aliphatic carbocycles. The number of halogens is 1. The quantitative estimate of drug-likeness (QED) is 0.0205. The molecular formula is C28H64Bi3IO21. The normalized spacial score (nSPS) is 8.83. The second-order valence-corrected chi connectivity index (χ2v) is 7.30. The molecule has 8 N–H and O–H groups in total. The van der Waals surface area contributed by atoms with Crippen LogP contribution in [-0.2, 0) is 33.2 Å². The minimum absolute atomic E-state index is 0. The molecule has 0 aliphatic heterocycles. The first-order valence-electron chi connectivity index (χ1n) is 15.5. The molecule has 324 valence electrons. The predicted octanol–water partition coefficient (Wildman–Crippen LogP) is -11.1. The van der Waals surface area contributed by atoms with Crippen LogP contribution in [0.3, 0.4) is 0 Å². The number of rotatable bonds is 28. The van der Waals surface area contributed by atoms with Gasteiger partial charge >= 0.3 is 91.0 Å². The zero-order chi connectivity index (χ0) is 40.7. The molecule has 0 aliphatic rings. The van der Waals surface area contributed by atoms with Crippen molar-refractivity contribution < 1.29 is 105 Å². The SMILES string of the molecule is OCCOCCO.OCCOCCO.[Bi+3].[Bi+3].[I][Bi].[O-]CCOCCO.[O-]CCOCCO.[O-]CCOCCO.[O-]CCOCCO.[O-]CCOCC[O-]. The second-order valence-electron chi connectivity index (χ2n) is 7.30. The van der Waals surface area contributed by atoms with E-state index in [-0.39, 0.29) is 211 Å². The van der Waals surface area contributed by atoms with Crippen molar-refractivity contribution in [2.45, 2.75) is 0 Å². The van der Waals surface area contributed by atoms with E-state index in [0.29, 0.717) is 26.4 Å². The monoisotopic (exact) mass is 1490 g/mol. The summed E-state index contributed by atoms with van der Waals surface area (Å²) in [6, 6.07) is 0. The van der Waals surface area contributed by atoms with E-state index in [9.17, 15) is 30.6 Å². The first-order chi connectivity index (χ1) is 24.9. The molecule has 0 aromatic rings. The Kier molecular flexibility index (Phi) is 167. The summed E-state index contributed by atoms with van der Waals surface area (Å²) in [5, 5.41) is 122. The maximum absolute atomic E-state index is 9.60. The van der Waals surface area contributed by atoms with E-state index >= 15 is 0 Å². The van der Waals surface area contributed by atoms with Gasteiger partial charge in [-0.15, -0.1) is 39.6 Å². The van der Waals surface area contributed by atoms with Gasteiger partial charge in [-0.05, 0) is 0 Å². The van der Waals surface area contributed by atoms with Gasteiger partial charge in [0.25, 0.3) is 0 Å². The molecule has 21 nitrogen and oxygen atoms in total. The minimum Gasteiger partial charge on any atom is -0.853 e. The average Bonchev–Trinajstić information content (AvgIpc) is 3.16. The molecule has 0 saturated carbocycles. The van der Waals surface area contributed by atoms with Crippen molar-refractivity contribution >= 4 is 91.0 Å². The summed E-state index contributed by atoms with van der Waals surface area (Å²) in [5.74, 6) is 0. The third-order valence-corrected chi connectivity index (χ3v) is 3.25. The number of aliphatic hydroxyl groups excluding tert-OH is 8. The van der Waals surface area contributed by atoms with E-state index in [1.54, 1.807) is 0 Å². The van der Waals surface area contributed by atoms with Gasteiger partial charge in [-0.1, -0.05) is 0 Å². The van der Waals surface area contributed by atoms with Gasteiger partial charge in [0.05, 0.1) is 106 Å². The Balaban J connectivity index is -0.0000000501. The molecule has 0 spiro atoms. The third kappa shape index (κ3) is 161. The van der Waals surface area contributed by atoms with Gasteiger partial charge in [-0.2, -0.15) is 0 Å². The average molecular weight is 1490 g/mol. The molecule has 0 unspecified atom stereocenters. The zero-order valence-electron chi connectivity index (χ0n) is 30.4. The zero-order valence-corrected chi connectivity index (χ0v) is 43.0. The minimum atomic E-state index is -0.250. The molecule has 0 aromatic carbocycles. The van der Waals surface area contributed by atoms with Crippen molar-refractivity contribution in [3.05, 3.63) is 0 Å². The van der Waals surface area contributed by atoms with Crippen molar-refractivity contribution in [3.63, 3.8) is 0 Å². The van der Waals surface area contributed by atoms with Crippen molar-refractivity contribution in [2.75, 3.05) is 185 Å². The summed E-state index contributed by atoms with van der Waals surface area (Å²) in [4.78, 5) is 0. The van der Waals surface area contributed by atoms with Gasteiger partial charge in [0.1, 0.15) is 0 Å². The van der Waals surface area contributed by atoms with Gasteiger partial charge < -0.3 is 105 Å². The van der Waals surface area contributed by atoms with Crippen LogP contribution in [0, 0.1) is 0 Å². The summed E-state index contributed by atoms with van der Waals surface area (Å²) in [6.07, 6.45) is 0. The van der Waals surface area contributed by atoms with Gasteiger partial charge in [0, 0.05) is 39.6 Å². The third-order valence-electron chi connectivity index (χ3n) is 3.25. The van der Waals surface area contributed by atoms with Crippen molar-refractivity contribution in [2.24, 2.45) is 0 Å². The van der Waals surface area contributed by atoms with E-state index in [1.165, 1.54) is 20.5 Å². The van der Waals surface area contributed by atoms with Gasteiger partial charge in [-0.25, -0.2) is 0 Å². The van der Waals surface area contributed by atoms with Crippen LogP contribution >= 0.6 is 18.0 Å². The Bertz CT molecular complexity index is 305.